The quantitative estimate of drug-likeness (QED) is 0.0556. The maximum absolute atomic E-state index is 12.7. The Bertz CT molecular complexity index is 991. The monoisotopic (exact) mass is 718 g/mol. The molecule has 3 atom stereocenters. The number of unbranched alkanes of at least 4 members (excludes halogenated alkanes) is 18. The van der Waals surface area contributed by atoms with Gasteiger partial charge in [-0.15, -0.1) is 0 Å². The van der Waals surface area contributed by atoms with Crippen molar-refractivity contribution >= 4 is 17.8 Å². The lowest BCUT2D eigenvalue weighted by Gasteiger charge is -2.22. The van der Waals surface area contributed by atoms with Gasteiger partial charge in [0.15, 0.2) is 0 Å². The molecule has 0 spiro atoms. The standard InChI is InChI=1S/C26H50N2O4.C18H33N/c1-5-7-8-9-10-11-12-14-17-22(4)28-26(32)23(6-2)20-21(3)25(31)27-19-16-13-15-18-24(29)30;1-4-5-6-7-8-9-10-11-12-13-14-18-15-16(2)19-17(18)3/h21-23H,5-20H2,1-4H3,(H,27,31)(H,28,32)(H,29,30);15,19H,4-14H2,1-3H3. The first-order chi connectivity index (χ1) is 24.5. The van der Waals surface area contributed by atoms with Gasteiger partial charge in [-0.2, -0.15) is 0 Å². The number of carboxylic acids is 1. The maximum atomic E-state index is 12.7. The molecule has 0 aliphatic rings. The van der Waals surface area contributed by atoms with Gasteiger partial charge >= 0.3 is 5.97 Å². The fourth-order valence-corrected chi connectivity index (χ4v) is 6.82. The molecule has 51 heavy (non-hydrogen) atoms. The van der Waals surface area contributed by atoms with Gasteiger partial charge in [-0.25, -0.2) is 0 Å². The number of aryl methyl sites for hydroxylation is 3. The molecule has 0 bridgehead atoms. The van der Waals surface area contributed by atoms with E-state index in [9.17, 15) is 14.4 Å². The van der Waals surface area contributed by atoms with E-state index in [1.54, 1.807) is 0 Å². The predicted molar refractivity (Wildman–Crippen MR) is 217 cm³/mol. The Labute approximate surface area is 315 Å². The van der Waals surface area contributed by atoms with Gasteiger partial charge in [-0.3, -0.25) is 14.4 Å². The second-order valence-electron chi connectivity index (χ2n) is 15.4. The molecule has 4 N–H and O–H groups in total. The summed E-state index contributed by atoms with van der Waals surface area (Å²) in [7, 11) is 0. The van der Waals surface area contributed by atoms with E-state index in [1.165, 1.54) is 133 Å². The van der Waals surface area contributed by atoms with E-state index in [1.807, 2.05) is 13.8 Å². The maximum Gasteiger partial charge on any atom is 0.303 e. The van der Waals surface area contributed by atoms with Crippen LogP contribution in [0, 0.1) is 25.7 Å². The first-order valence-electron chi connectivity index (χ1n) is 21.5. The lowest BCUT2D eigenvalue weighted by Crippen LogP contribution is -2.39. The molecule has 1 aromatic rings. The van der Waals surface area contributed by atoms with Gasteiger partial charge in [0.1, 0.15) is 0 Å². The molecule has 0 saturated carbocycles. The van der Waals surface area contributed by atoms with Gasteiger partial charge in [-0.05, 0) is 77.3 Å². The van der Waals surface area contributed by atoms with Crippen molar-refractivity contribution in [1.29, 1.82) is 0 Å². The summed E-state index contributed by atoms with van der Waals surface area (Å²) in [6, 6.07) is 2.48. The summed E-state index contributed by atoms with van der Waals surface area (Å²) in [5.74, 6) is -1.10. The van der Waals surface area contributed by atoms with Crippen molar-refractivity contribution in [2.45, 2.75) is 221 Å². The number of carboxylic acid groups (broad SMARTS) is 1. The van der Waals surface area contributed by atoms with Crippen LogP contribution >= 0.6 is 0 Å². The second-order valence-corrected chi connectivity index (χ2v) is 15.4. The number of carbonyl (C=O) groups excluding carboxylic acids is 2. The summed E-state index contributed by atoms with van der Waals surface area (Å²) in [4.78, 5) is 38.9. The van der Waals surface area contributed by atoms with Crippen LogP contribution in [-0.4, -0.2) is 40.5 Å². The van der Waals surface area contributed by atoms with Crippen LogP contribution in [-0.2, 0) is 20.8 Å². The highest BCUT2D eigenvalue weighted by Crippen LogP contribution is 2.18. The summed E-state index contributed by atoms with van der Waals surface area (Å²) in [5, 5.41) is 14.7. The average Bonchev–Trinajstić information content (AvgIpc) is 3.42. The Kier molecular flexibility index (Phi) is 32.0. The Morgan fingerprint density at radius 3 is 1.69 bits per heavy atom. The molecule has 3 unspecified atom stereocenters. The lowest BCUT2D eigenvalue weighted by atomic mass is 9.92. The fraction of sp³-hybridized carbons (Fsp3) is 0.841. The Morgan fingerprint density at radius 1 is 0.686 bits per heavy atom. The third-order valence-electron chi connectivity index (χ3n) is 10.3. The van der Waals surface area contributed by atoms with E-state index in [0.717, 1.165) is 32.1 Å². The highest BCUT2D eigenvalue weighted by atomic mass is 16.4. The zero-order valence-corrected chi connectivity index (χ0v) is 34.6. The van der Waals surface area contributed by atoms with Crippen LogP contribution in [0.15, 0.2) is 6.07 Å². The van der Waals surface area contributed by atoms with Crippen LogP contribution < -0.4 is 10.6 Å². The minimum Gasteiger partial charge on any atom is -0.481 e. The van der Waals surface area contributed by atoms with Crippen molar-refractivity contribution in [3.8, 4) is 0 Å². The first kappa shape index (κ1) is 48.7. The topological polar surface area (TPSA) is 111 Å². The van der Waals surface area contributed by atoms with Crippen molar-refractivity contribution in [3.63, 3.8) is 0 Å². The Hall–Kier alpha value is -2.31. The zero-order chi connectivity index (χ0) is 38.1. The van der Waals surface area contributed by atoms with Crippen LogP contribution in [0.2, 0.25) is 0 Å². The van der Waals surface area contributed by atoms with Gasteiger partial charge in [0.25, 0.3) is 0 Å². The molecule has 0 aliphatic carbocycles. The summed E-state index contributed by atoms with van der Waals surface area (Å²) in [5.41, 5.74) is 4.20. The summed E-state index contributed by atoms with van der Waals surface area (Å²) < 4.78 is 0. The molecule has 2 amide bonds. The second kappa shape index (κ2) is 33.5. The number of amides is 2. The molecule has 0 fully saturated rings. The van der Waals surface area contributed by atoms with Crippen LogP contribution in [0.3, 0.4) is 0 Å². The highest BCUT2D eigenvalue weighted by molar-refractivity contribution is 5.81. The van der Waals surface area contributed by atoms with Gasteiger partial charge in [-0.1, -0.05) is 143 Å². The molecule has 0 radical (unpaired) electrons. The van der Waals surface area contributed by atoms with E-state index in [0.29, 0.717) is 19.4 Å². The summed E-state index contributed by atoms with van der Waals surface area (Å²) in [6.07, 6.45) is 30.5. The number of aromatic amines is 1. The van der Waals surface area contributed by atoms with E-state index < -0.39 is 5.97 Å². The molecular formula is C44H83N3O4. The smallest absolute Gasteiger partial charge is 0.303 e. The molecule has 1 heterocycles. The normalized spacial score (nSPS) is 12.8. The van der Waals surface area contributed by atoms with Gasteiger partial charge < -0.3 is 20.7 Å². The van der Waals surface area contributed by atoms with E-state index in [2.05, 4.69) is 56.3 Å². The minimum atomic E-state index is -0.779. The van der Waals surface area contributed by atoms with Crippen molar-refractivity contribution in [1.82, 2.24) is 15.6 Å². The molecule has 0 saturated heterocycles. The average molecular weight is 718 g/mol. The molecule has 7 heteroatoms. The summed E-state index contributed by atoms with van der Waals surface area (Å²) in [6.45, 7) is 15.4. The van der Waals surface area contributed by atoms with Crippen LogP contribution in [0.5, 0.6) is 0 Å². The molecule has 1 aromatic heterocycles. The van der Waals surface area contributed by atoms with Crippen molar-refractivity contribution in [2.24, 2.45) is 11.8 Å². The SMILES string of the molecule is CCCCCCCCCCC(C)NC(=O)C(CC)CC(C)C(=O)NCCCCCC(=O)O.CCCCCCCCCCCCc1cc(C)[nH]c1C. The number of rotatable bonds is 32. The van der Waals surface area contributed by atoms with Crippen molar-refractivity contribution in [2.75, 3.05) is 6.54 Å². The van der Waals surface area contributed by atoms with Gasteiger partial charge in [0, 0.05) is 42.2 Å². The van der Waals surface area contributed by atoms with Gasteiger partial charge in [0.05, 0.1) is 0 Å². The Morgan fingerprint density at radius 2 is 1.20 bits per heavy atom. The number of hydrogen-bond donors (Lipinski definition) is 4. The number of aliphatic carboxylic acids is 1. The van der Waals surface area contributed by atoms with Gasteiger partial charge in [0.2, 0.25) is 11.8 Å². The molecular weight excluding hydrogens is 635 g/mol. The minimum absolute atomic E-state index is 0.0264. The molecule has 298 valence electrons. The zero-order valence-electron chi connectivity index (χ0n) is 34.6. The first-order valence-corrected chi connectivity index (χ1v) is 21.5. The molecule has 7 nitrogen and oxygen atoms in total. The van der Waals surface area contributed by atoms with Crippen LogP contribution in [0.25, 0.3) is 0 Å². The lowest BCUT2D eigenvalue weighted by molar-refractivity contribution is -0.137. The van der Waals surface area contributed by atoms with Crippen LogP contribution in [0.4, 0.5) is 0 Å². The molecule has 0 aromatic carbocycles. The largest absolute Gasteiger partial charge is 0.481 e. The predicted octanol–water partition coefficient (Wildman–Crippen LogP) is 11.9. The summed E-state index contributed by atoms with van der Waals surface area (Å²) >= 11 is 0. The van der Waals surface area contributed by atoms with Crippen molar-refractivity contribution < 1.29 is 19.5 Å². The fourth-order valence-electron chi connectivity index (χ4n) is 6.82. The number of nitrogens with one attached hydrogen (secondary N) is 3. The van der Waals surface area contributed by atoms with E-state index in [4.69, 9.17) is 5.11 Å². The Balaban J connectivity index is 0.00000111. The number of hydrogen-bond acceptors (Lipinski definition) is 3. The van der Waals surface area contributed by atoms with Crippen molar-refractivity contribution in [3.05, 3.63) is 23.0 Å². The van der Waals surface area contributed by atoms with E-state index in [-0.39, 0.29) is 36.1 Å². The third kappa shape index (κ3) is 28.9. The third-order valence-corrected chi connectivity index (χ3v) is 10.3. The number of carbonyl (C=O) groups is 3. The number of H-pyrrole nitrogens is 1. The number of aromatic nitrogens is 1. The molecule has 1 rings (SSSR count). The highest BCUT2D eigenvalue weighted by Gasteiger charge is 2.24. The molecule has 0 aliphatic heterocycles. The van der Waals surface area contributed by atoms with E-state index >= 15 is 0 Å². The van der Waals surface area contributed by atoms with Crippen LogP contribution in [0.1, 0.15) is 212 Å².